The van der Waals surface area contributed by atoms with E-state index in [1.54, 1.807) is 19.1 Å². The minimum atomic E-state index is -1.43. The van der Waals surface area contributed by atoms with Gasteiger partial charge >= 0.3 is 11.9 Å². The van der Waals surface area contributed by atoms with Gasteiger partial charge in [-0.1, -0.05) is 12.2 Å². The highest BCUT2D eigenvalue weighted by Crippen LogP contribution is 2.30. The van der Waals surface area contributed by atoms with Crippen molar-refractivity contribution < 1.29 is 19.1 Å². The average molecular weight is 224 g/mol. The van der Waals surface area contributed by atoms with Crippen LogP contribution in [0, 0.1) is 17.8 Å². The molecule has 0 rings (SSSR count). The van der Waals surface area contributed by atoms with E-state index in [1.807, 2.05) is 0 Å². The van der Waals surface area contributed by atoms with Crippen molar-refractivity contribution >= 4 is 11.9 Å². The molecule has 0 aromatic rings. The molecule has 0 saturated carbocycles. The summed E-state index contributed by atoms with van der Waals surface area (Å²) in [6.07, 6.45) is 8.73. The van der Waals surface area contributed by atoms with Gasteiger partial charge in [-0.3, -0.25) is 9.59 Å². The minimum absolute atomic E-state index is 0.0450. The Hall–Kier alpha value is -1.76. The second-order valence-electron chi connectivity index (χ2n) is 3.22. The Kier molecular flexibility index (Phi) is 5.94. The topological polar surface area (TPSA) is 52.6 Å². The Bertz CT molecular complexity index is 306. The second kappa shape index (κ2) is 6.67. The van der Waals surface area contributed by atoms with Crippen LogP contribution in [0.15, 0.2) is 12.2 Å². The average Bonchev–Trinajstić information content (AvgIpc) is 2.32. The van der Waals surface area contributed by atoms with Gasteiger partial charge in [-0.2, -0.15) is 0 Å². The van der Waals surface area contributed by atoms with E-state index in [1.165, 1.54) is 14.2 Å². The van der Waals surface area contributed by atoms with Crippen LogP contribution in [-0.4, -0.2) is 26.2 Å². The van der Waals surface area contributed by atoms with Gasteiger partial charge in [0.25, 0.3) is 0 Å². The van der Waals surface area contributed by atoms with Crippen LogP contribution >= 0.6 is 0 Å². The lowest BCUT2D eigenvalue weighted by atomic mass is 9.81. The molecule has 0 radical (unpaired) electrons. The van der Waals surface area contributed by atoms with Crippen molar-refractivity contribution in [2.75, 3.05) is 14.2 Å². The molecular formula is C12H16O4. The lowest BCUT2D eigenvalue weighted by Crippen LogP contribution is -2.40. The van der Waals surface area contributed by atoms with E-state index in [4.69, 9.17) is 6.42 Å². The molecule has 0 bridgehead atoms. The zero-order chi connectivity index (χ0) is 12.6. The van der Waals surface area contributed by atoms with Gasteiger partial charge < -0.3 is 9.47 Å². The maximum atomic E-state index is 11.7. The number of carbonyl (C=O) groups is 2. The molecule has 0 saturated heterocycles. The van der Waals surface area contributed by atoms with Crippen molar-refractivity contribution in [1.82, 2.24) is 0 Å². The molecule has 0 aliphatic carbocycles. The van der Waals surface area contributed by atoms with E-state index in [2.05, 4.69) is 15.4 Å². The monoisotopic (exact) mass is 224 g/mol. The van der Waals surface area contributed by atoms with Gasteiger partial charge in [-0.25, -0.2) is 0 Å². The fourth-order valence-corrected chi connectivity index (χ4v) is 1.35. The molecule has 0 fully saturated rings. The molecule has 0 heterocycles. The normalized spacial score (nSPS) is 10.9. The van der Waals surface area contributed by atoms with Gasteiger partial charge in [0.2, 0.25) is 0 Å². The summed E-state index contributed by atoms with van der Waals surface area (Å²) in [6.45, 7) is 1.79. The summed E-state index contributed by atoms with van der Waals surface area (Å²) in [5.74, 6) is 0.971. The standard InChI is InChI=1S/C12H16O4/c1-5-7-9-12(8-6-2,10(13)15-3)11(14)16-4/h2,5,7H,8-9H2,1,3-4H3. The number of methoxy groups -OCH3 is 2. The van der Waals surface area contributed by atoms with Crippen molar-refractivity contribution in [2.45, 2.75) is 19.8 Å². The summed E-state index contributed by atoms with van der Waals surface area (Å²) in [5.41, 5.74) is -1.43. The lowest BCUT2D eigenvalue weighted by molar-refractivity contribution is -0.168. The number of rotatable bonds is 5. The summed E-state index contributed by atoms with van der Waals surface area (Å²) >= 11 is 0. The summed E-state index contributed by atoms with van der Waals surface area (Å²) in [6, 6.07) is 0. The third kappa shape index (κ3) is 2.86. The maximum absolute atomic E-state index is 11.7. The molecule has 0 atom stereocenters. The lowest BCUT2D eigenvalue weighted by Gasteiger charge is -2.24. The van der Waals surface area contributed by atoms with Gasteiger partial charge in [0.1, 0.15) is 0 Å². The Labute approximate surface area is 95.6 Å². The number of esters is 2. The Morgan fingerprint density at radius 1 is 1.31 bits per heavy atom. The first-order valence-electron chi connectivity index (χ1n) is 4.80. The van der Waals surface area contributed by atoms with E-state index >= 15 is 0 Å². The molecule has 4 heteroatoms. The highest BCUT2D eigenvalue weighted by molar-refractivity contribution is 6.00. The number of ether oxygens (including phenoxy) is 2. The van der Waals surface area contributed by atoms with Crippen molar-refractivity contribution in [1.29, 1.82) is 0 Å². The van der Waals surface area contributed by atoms with E-state index in [9.17, 15) is 9.59 Å². The van der Waals surface area contributed by atoms with Gasteiger partial charge in [-0.05, 0) is 13.3 Å². The smallest absolute Gasteiger partial charge is 0.324 e. The van der Waals surface area contributed by atoms with E-state index < -0.39 is 17.4 Å². The van der Waals surface area contributed by atoms with Gasteiger partial charge in [0.05, 0.1) is 14.2 Å². The van der Waals surface area contributed by atoms with Crippen LogP contribution in [-0.2, 0) is 19.1 Å². The molecule has 16 heavy (non-hydrogen) atoms. The number of hydrogen-bond donors (Lipinski definition) is 0. The second-order valence-corrected chi connectivity index (χ2v) is 3.22. The Morgan fingerprint density at radius 3 is 2.12 bits per heavy atom. The predicted octanol–water partition coefficient (Wildman–Crippen LogP) is 1.31. The summed E-state index contributed by atoms with van der Waals surface area (Å²) in [5, 5.41) is 0. The summed E-state index contributed by atoms with van der Waals surface area (Å²) in [4.78, 5) is 23.4. The van der Waals surface area contributed by atoms with Gasteiger partial charge in [0.15, 0.2) is 5.41 Å². The number of carbonyl (C=O) groups excluding carboxylic acids is 2. The molecular weight excluding hydrogens is 208 g/mol. The molecule has 0 N–H and O–H groups in total. The first-order chi connectivity index (χ1) is 7.58. The highest BCUT2D eigenvalue weighted by Gasteiger charge is 2.46. The van der Waals surface area contributed by atoms with Crippen molar-refractivity contribution in [2.24, 2.45) is 5.41 Å². The number of hydrogen-bond acceptors (Lipinski definition) is 4. The molecule has 0 amide bonds. The van der Waals surface area contributed by atoms with Gasteiger partial charge in [0, 0.05) is 6.42 Å². The van der Waals surface area contributed by atoms with E-state index in [-0.39, 0.29) is 12.8 Å². The fourth-order valence-electron chi connectivity index (χ4n) is 1.35. The quantitative estimate of drug-likeness (QED) is 0.306. The van der Waals surface area contributed by atoms with Crippen LogP contribution in [0.2, 0.25) is 0 Å². The van der Waals surface area contributed by atoms with Crippen molar-refractivity contribution in [3.05, 3.63) is 12.2 Å². The van der Waals surface area contributed by atoms with Crippen LogP contribution in [0.3, 0.4) is 0 Å². The fraction of sp³-hybridized carbons (Fsp3) is 0.500. The van der Waals surface area contributed by atoms with Crippen LogP contribution in [0.1, 0.15) is 19.8 Å². The molecule has 4 nitrogen and oxygen atoms in total. The first kappa shape index (κ1) is 14.2. The van der Waals surface area contributed by atoms with Crippen LogP contribution in [0.25, 0.3) is 0 Å². The molecule has 0 aliphatic rings. The molecule has 88 valence electrons. The molecule has 0 aromatic heterocycles. The SMILES string of the molecule is C#CCC(CC=CC)(C(=O)OC)C(=O)OC. The van der Waals surface area contributed by atoms with Crippen molar-refractivity contribution in [3.63, 3.8) is 0 Å². The third-order valence-electron chi connectivity index (χ3n) is 2.26. The molecule has 0 unspecified atom stereocenters. The highest BCUT2D eigenvalue weighted by atomic mass is 16.5. The zero-order valence-corrected chi connectivity index (χ0v) is 9.78. The zero-order valence-electron chi connectivity index (χ0n) is 9.78. The van der Waals surface area contributed by atoms with Crippen LogP contribution in [0.5, 0.6) is 0 Å². The largest absolute Gasteiger partial charge is 0.468 e. The number of allylic oxidation sites excluding steroid dienone is 2. The molecule has 0 aliphatic heterocycles. The predicted molar refractivity (Wildman–Crippen MR) is 59.3 cm³/mol. The van der Waals surface area contributed by atoms with Crippen molar-refractivity contribution in [3.8, 4) is 12.3 Å². The minimum Gasteiger partial charge on any atom is -0.468 e. The Morgan fingerprint density at radius 2 is 1.81 bits per heavy atom. The number of terminal acetylenes is 1. The van der Waals surface area contributed by atoms with Gasteiger partial charge in [-0.15, -0.1) is 12.3 Å². The summed E-state index contributed by atoms with van der Waals surface area (Å²) in [7, 11) is 2.43. The first-order valence-corrected chi connectivity index (χ1v) is 4.80. The van der Waals surface area contributed by atoms with E-state index in [0.29, 0.717) is 0 Å². The summed E-state index contributed by atoms with van der Waals surface area (Å²) < 4.78 is 9.24. The van der Waals surface area contributed by atoms with Crippen LogP contribution in [0.4, 0.5) is 0 Å². The van der Waals surface area contributed by atoms with Crippen LogP contribution < -0.4 is 0 Å². The molecule has 0 aromatic carbocycles. The van der Waals surface area contributed by atoms with E-state index in [0.717, 1.165) is 0 Å². The Balaban J connectivity index is 5.29. The third-order valence-corrected chi connectivity index (χ3v) is 2.26. The molecule has 0 spiro atoms. The maximum Gasteiger partial charge on any atom is 0.324 e.